The monoisotopic (exact) mass is 269 g/mol. The molecule has 1 aromatic heterocycles. The number of benzene rings is 1. The minimum absolute atomic E-state index is 0.602. The zero-order valence-corrected chi connectivity index (χ0v) is 12.1. The highest BCUT2D eigenvalue weighted by molar-refractivity contribution is 5.61. The van der Waals surface area contributed by atoms with Crippen LogP contribution in [0.15, 0.2) is 42.7 Å². The molecule has 1 heterocycles. The zero-order valence-electron chi connectivity index (χ0n) is 12.1. The number of nitrogens with one attached hydrogen (secondary N) is 1. The number of nitrogens with zero attached hydrogens (tertiary/aromatic N) is 2. The Morgan fingerprint density at radius 3 is 2.95 bits per heavy atom. The van der Waals surface area contributed by atoms with Crippen LogP contribution in [0.25, 0.3) is 5.69 Å². The normalized spacial score (nSPS) is 22.6. The smallest absolute Gasteiger partial charge is 0.0876 e. The average Bonchev–Trinajstić information content (AvgIpc) is 3.02. The summed E-state index contributed by atoms with van der Waals surface area (Å²) >= 11 is 0. The molecule has 0 aliphatic heterocycles. The fourth-order valence-corrected chi connectivity index (χ4v) is 3.22. The maximum absolute atomic E-state index is 4.35. The van der Waals surface area contributed by atoms with Gasteiger partial charge in [0.1, 0.15) is 0 Å². The Bertz CT molecular complexity index is 533. The maximum atomic E-state index is 4.35. The quantitative estimate of drug-likeness (QED) is 0.899. The highest BCUT2D eigenvalue weighted by atomic mass is 15.3. The lowest BCUT2D eigenvalue weighted by molar-refractivity contribution is 0.327. The van der Waals surface area contributed by atoms with Crippen molar-refractivity contribution in [2.75, 3.05) is 5.32 Å². The van der Waals surface area contributed by atoms with Gasteiger partial charge < -0.3 is 5.32 Å². The molecule has 0 radical (unpaired) electrons. The summed E-state index contributed by atoms with van der Waals surface area (Å²) in [6.07, 6.45) is 10.4. The lowest BCUT2D eigenvalue weighted by Crippen LogP contribution is -2.27. The van der Waals surface area contributed by atoms with Crippen molar-refractivity contribution in [2.45, 2.75) is 45.1 Å². The fourth-order valence-electron chi connectivity index (χ4n) is 3.22. The third-order valence-corrected chi connectivity index (χ3v) is 4.38. The molecule has 1 fully saturated rings. The van der Waals surface area contributed by atoms with E-state index >= 15 is 0 Å². The lowest BCUT2D eigenvalue weighted by atomic mass is 9.84. The van der Waals surface area contributed by atoms with Crippen LogP contribution >= 0.6 is 0 Å². The molecule has 106 valence electrons. The van der Waals surface area contributed by atoms with Gasteiger partial charge in [-0.15, -0.1) is 0 Å². The second-order valence-corrected chi connectivity index (χ2v) is 5.75. The van der Waals surface area contributed by atoms with Crippen LogP contribution in [0, 0.1) is 5.92 Å². The molecule has 3 heteroatoms. The Balaban J connectivity index is 1.77. The molecule has 2 atom stereocenters. The number of para-hydroxylation sites is 2. The van der Waals surface area contributed by atoms with E-state index < -0.39 is 0 Å². The SMILES string of the molecule is CCC1CCCC(Nc2ccccc2-n2cccn2)C1. The molecular weight excluding hydrogens is 246 g/mol. The van der Waals surface area contributed by atoms with Gasteiger partial charge in [0, 0.05) is 18.4 Å². The molecule has 0 amide bonds. The summed E-state index contributed by atoms with van der Waals surface area (Å²) in [7, 11) is 0. The number of aromatic nitrogens is 2. The second-order valence-electron chi connectivity index (χ2n) is 5.75. The molecule has 2 aromatic rings. The lowest BCUT2D eigenvalue weighted by Gasteiger charge is -2.30. The van der Waals surface area contributed by atoms with Crippen molar-refractivity contribution < 1.29 is 0 Å². The van der Waals surface area contributed by atoms with Crippen molar-refractivity contribution in [3.63, 3.8) is 0 Å². The predicted octanol–water partition coefficient (Wildman–Crippen LogP) is 4.25. The van der Waals surface area contributed by atoms with Crippen molar-refractivity contribution in [3.05, 3.63) is 42.7 Å². The Morgan fingerprint density at radius 2 is 2.15 bits per heavy atom. The van der Waals surface area contributed by atoms with Gasteiger partial charge in [-0.1, -0.05) is 38.3 Å². The summed E-state index contributed by atoms with van der Waals surface area (Å²) in [5.41, 5.74) is 2.33. The van der Waals surface area contributed by atoms with Gasteiger partial charge in [0.05, 0.1) is 11.4 Å². The molecule has 0 bridgehead atoms. The van der Waals surface area contributed by atoms with Crippen molar-refractivity contribution in [3.8, 4) is 5.69 Å². The maximum Gasteiger partial charge on any atom is 0.0876 e. The molecule has 1 aromatic carbocycles. The van der Waals surface area contributed by atoms with Crippen LogP contribution in [0.1, 0.15) is 39.0 Å². The van der Waals surface area contributed by atoms with Crippen LogP contribution in [0.4, 0.5) is 5.69 Å². The Morgan fingerprint density at radius 1 is 1.25 bits per heavy atom. The summed E-state index contributed by atoms with van der Waals surface area (Å²) < 4.78 is 1.93. The highest BCUT2D eigenvalue weighted by Crippen LogP contribution is 2.30. The molecule has 1 N–H and O–H groups in total. The van der Waals surface area contributed by atoms with Crippen molar-refractivity contribution >= 4 is 5.69 Å². The largest absolute Gasteiger partial charge is 0.381 e. The molecular formula is C17H23N3. The molecule has 3 nitrogen and oxygen atoms in total. The van der Waals surface area contributed by atoms with Gasteiger partial charge in [0.25, 0.3) is 0 Å². The van der Waals surface area contributed by atoms with Gasteiger partial charge in [0.2, 0.25) is 0 Å². The molecule has 2 unspecified atom stereocenters. The molecule has 1 aliphatic rings. The van der Waals surface area contributed by atoms with E-state index in [9.17, 15) is 0 Å². The van der Waals surface area contributed by atoms with Gasteiger partial charge >= 0.3 is 0 Å². The van der Waals surface area contributed by atoms with Gasteiger partial charge in [0.15, 0.2) is 0 Å². The van der Waals surface area contributed by atoms with Crippen LogP contribution in [0.2, 0.25) is 0 Å². The van der Waals surface area contributed by atoms with Crippen LogP contribution in [0.3, 0.4) is 0 Å². The van der Waals surface area contributed by atoms with Gasteiger partial charge in [-0.05, 0) is 37.0 Å². The zero-order chi connectivity index (χ0) is 13.8. The van der Waals surface area contributed by atoms with Crippen molar-refractivity contribution in [2.24, 2.45) is 5.92 Å². The molecule has 0 spiro atoms. The Labute approximate surface area is 121 Å². The fraction of sp³-hybridized carbons (Fsp3) is 0.471. The third kappa shape index (κ3) is 2.87. The topological polar surface area (TPSA) is 29.9 Å². The van der Waals surface area contributed by atoms with Gasteiger partial charge in [-0.2, -0.15) is 5.10 Å². The third-order valence-electron chi connectivity index (χ3n) is 4.38. The minimum Gasteiger partial charge on any atom is -0.381 e. The second kappa shape index (κ2) is 6.12. The molecule has 0 saturated heterocycles. The van der Waals surface area contributed by atoms with E-state index in [4.69, 9.17) is 0 Å². The first-order chi connectivity index (χ1) is 9.86. The van der Waals surface area contributed by atoms with E-state index in [0.717, 1.165) is 11.6 Å². The van der Waals surface area contributed by atoms with Crippen LogP contribution in [-0.2, 0) is 0 Å². The van der Waals surface area contributed by atoms with Crippen LogP contribution in [0.5, 0.6) is 0 Å². The summed E-state index contributed by atoms with van der Waals surface area (Å²) in [5, 5.41) is 8.09. The van der Waals surface area contributed by atoms with Crippen molar-refractivity contribution in [1.82, 2.24) is 9.78 Å². The summed E-state index contributed by atoms with van der Waals surface area (Å²) in [6, 6.07) is 11.0. The molecule has 1 saturated carbocycles. The number of hydrogen-bond acceptors (Lipinski definition) is 2. The summed E-state index contributed by atoms with van der Waals surface area (Å²) in [4.78, 5) is 0. The molecule has 20 heavy (non-hydrogen) atoms. The highest BCUT2D eigenvalue weighted by Gasteiger charge is 2.21. The van der Waals surface area contributed by atoms with Gasteiger partial charge in [-0.25, -0.2) is 4.68 Å². The van der Waals surface area contributed by atoms with Gasteiger partial charge in [-0.3, -0.25) is 0 Å². The summed E-state index contributed by atoms with van der Waals surface area (Å²) in [5.74, 6) is 0.887. The van der Waals surface area contributed by atoms with Crippen LogP contribution < -0.4 is 5.32 Å². The Kier molecular flexibility index (Phi) is 4.05. The first-order valence-corrected chi connectivity index (χ1v) is 7.72. The van der Waals surface area contributed by atoms with Crippen molar-refractivity contribution in [1.29, 1.82) is 0 Å². The number of anilines is 1. The van der Waals surface area contributed by atoms with E-state index in [0.29, 0.717) is 6.04 Å². The van der Waals surface area contributed by atoms with E-state index in [-0.39, 0.29) is 0 Å². The Hall–Kier alpha value is -1.77. The molecule has 1 aliphatic carbocycles. The minimum atomic E-state index is 0.602. The van der Waals surface area contributed by atoms with E-state index in [1.165, 1.54) is 37.8 Å². The van der Waals surface area contributed by atoms with E-state index in [1.54, 1.807) is 0 Å². The van der Waals surface area contributed by atoms with E-state index in [1.807, 2.05) is 23.1 Å². The van der Waals surface area contributed by atoms with Crippen LogP contribution in [-0.4, -0.2) is 15.8 Å². The first-order valence-electron chi connectivity index (χ1n) is 7.72. The average molecular weight is 269 g/mol. The van der Waals surface area contributed by atoms with E-state index in [2.05, 4.69) is 41.6 Å². The molecule has 3 rings (SSSR count). The predicted molar refractivity (Wildman–Crippen MR) is 83.2 cm³/mol. The number of hydrogen-bond donors (Lipinski definition) is 1. The number of rotatable bonds is 4. The summed E-state index contributed by atoms with van der Waals surface area (Å²) in [6.45, 7) is 2.31. The standard InChI is InChI=1S/C17H23N3/c1-2-14-7-5-8-15(13-14)19-16-9-3-4-10-17(16)20-12-6-11-18-20/h3-4,6,9-12,14-15,19H,2,5,7-8,13H2,1H3. The first kappa shape index (κ1) is 13.2.